The Hall–Kier alpha value is -1.35. The molecule has 2 aliphatic heterocycles. The minimum atomic E-state index is 0.210. The minimum absolute atomic E-state index is 0.210. The number of rotatable bonds is 1. The average Bonchev–Trinajstić information content (AvgIpc) is 2.45. The lowest BCUT2D eigenvalue weighted by Gasteiger charge is -2.55. The highest BCUT2D eigenvalue weighted by molar-refractivity contribution is 5.95. The molecule has 0 radical (unpaired) electrons. The van der Waals surface area contributed by atoms with Crippen molar-refractivity contribution in [2.45, 2.75) is 38.6 Å². The average molecular weight is 272 g/mol. The number of carbonyl (C=O) groups excluding carboxylic acids is 1. The second-order valence-corrected chi connectivity index (χ2v) is 6.54. The van der Waals surface area contributed by atoms with E-state index in [1.54, 1.807) is 0 Å². The van der Waals surface area contributed by atoms with E-state index in [0.717, 1.165) is 30.6 Å². The normalized spacial score (nSPS) is 26.6. The molecule has 2 aliphatic rings. The predicted molar refractivity (Wildman–Crippen MR) is 81.0 cm³/mol. The fourth-order valence-electron chi connectivity index (χ4n) is 3.68. The molecular formula is C17H24N2O. The van der Waals surface area contributed by atoms with E-state index in [4.69, 9.17) is 0 Å². The maximum absolute atomic E-state index is 12.8. The summed E-state index contributed by atoms with van der Waals surface area (Å²) in [5, 5.41) is 0. The standard InChI is InChI=1S/C17H24N2O/c1-13-5-6-15(14(2)11-13)16(20)19-9-4-7-17(12-19)8-10-18(17)3/h5-6,11H,4,7-10,12H2,1-3H3/t17-/m1/s1. The second kappa shape index (κ2) is 4.88. The van der Waals surface area contributed by atoms with Gasteiger partial charge in [-0.05, 0) is 51.8 Å². The van der Waals surface area contributed by atoms with Gasteiger partial charge in [0.2, 0.25) is 0 Å². The van der Waals surface area contributed by atoms with Crippen LogP contribution < -0.4 is 0 Å². The van der Waals surface area contributed by atoms with Crippen molar-refractivity contribution in [1.82, 2.24) is 9.80 Å². The predicted octanol–water partition coefficient (Wildman–Crippen LogP) is 2.61. The van der Waals surface area contributed by atoms with E-state index in [0.29, 0.717) is 0 Å². The summed E-state index contributed by atoms with van der Waals surface area (Å²) in [7, 11) is 2.19. The maximum Gasteiger partial charge on any atom is 0.254 e. The zero-order valence-corrected chi connectivity index (χ0v) is 12.8. The van der Waals surface area contributed by atoms with E-state index in [1.807, 2.05) is 19.1 Å². The number of piperidine rings is 1. The molecule has 2 saturated heterocycles. The van der Waals surface area contributed by atoms with Gasteiger partial charge in [0.1, 0.15) is 0 Å². The van der Waals surface area contributed by atoms with Crippen molar-refractivity contribution < 1.29 is 4.79 Å². The molecule has 1 aromatic carbocycles. The van der Waals surface area contributed by atoms with Gasteiger partial charge in [0, 0.05) is 30.7 Å². The molecule has 2 heterocycles. The highest BCUT2D eigenvalue weighted by atomic mass is 16.2. The smallest absolute Gasteiger partial charge is 0.254 e. The van der Waals surface area contributed by atoms with Crippen LogP contribution >= 0.6 is 0 Å². The van der Waals surface area contributed by atoms with Gasteiger partial charge in [-0.25, -0.2) is 0 Å². The number of likely N-dealkylation sites (N-methyl/N-ethyl adjacent to an activating group) is 1. The number of aryl methyl sites for hydroxylation is 2. The Morgan fingerprint density at radius 2 is 2.00 bits per heavy atom. The summed E-state index contributed by atoms with van der Waals surface area (Å²) < 4.78 is 0. The fourth-order valence-corrected chi connectivity index (χ4v) is 3.68. The number of likely N-dealkylation sites (tertiary alicyclic amines) is 2. The molecule has 1 amide bonds. The van der Waals surface area contributed by atoms with Crippen molar-refractivity contribution >= 4 is 5.91 Å². The van der Waals surface area contributed by atoms with Gasteiger partial charge in [-0.2, -0.15) is 0 Å². The molecule has 3 rings (SSSR count). The first-order valence-electron chi connectivity index (χ1n) is 7.60. The zero-order chi connectivity index (χ0) is 14.3. The van der Waals surface area contributed by atoms with Crippen LogP contribution in [0.5, 0.6) is 0 Å². The van der Waals surface area contributed by atoms with E-state index in [2.05, 4.69) is 29.8 Å². The molecule has 0 N–H and O–H groups in total. The van der Waals surface area contributed by atoms with Crippen molar-refractivity contribution in [3.05, 3.63) is 34.9 Å². The molecule has 3 heteroatoms. The van der Waals surface area contributed by atoms with Gasteiger partial charge in [-0.3, -0.25) is 9.69 Å². The third-order valence-electron chi connectivity index (χ3n) is 5.18. The summed E-state index contributed by atoms with van der Waals surface area (Å²) in [6.07, 6.45) is 3.60. The van der Waals surface area contributed by atoms with Gasteiger partial charge >= 0.3 is 0 Å². The highest BCUT2D eigenvalue weighted by Gasteiger charge is 2.46. The lowest BCUT2D eigenvalue weighted by atomic mass is 9.78. The number of amides is 1. The lowest BCUT2D eigenvalue weighted by molar-refractivity contribution is -0.0409. The number of nitrogens with zero attached hydrogens (tertiary/aromatic N) is 2. The third-order valence-corrected chi connectivity index (χ3v) is 5.18. The van der Waals surface area contributed by atoms with Gasteiger partial charge in [-0.1, -0.05) is 17.7 Å². The Balaban J connectivity index is 1.80. The molecule has 2 fully saturated rings. The first kappa shape index (κ1) is 13.6. The van der Waals surface area contributed by atoms with Crippen LogP contribution in [0.1, 0.15) is 40.7 Å². The summed E-state index contributed by atoms with van der Waals surface area (Å²) in [5.74, 6) is 0.210. The van der Waals surface area contributed by atoms with Crippen molar-refractivity contribution in [3.8, 4) is 0 Å². The zero-order valence-electron chi connectivity index (χ0n) is 12.8. The van der Waals surface area contributed by atoms with Gasteiger partial charge in [0.25, 0.3) is 5.91 Å². The van der Waals surface area contributed by atoms with Crippen LogP contribution in [-0.2, 0) is 0 Å². The molecule has 1 aromatic rings. The topological polar surface area (TPSA) is 23.6 Å². The number of carbonyl (C=O) groups is 1. The quantitative estimate of drug-likeness (QED) is 0.784. The van der Waals surface area contributed by atoms with Crippen LogP contribution in [0.3, 0.4) is 0 Å². The first-order valence-corrected chi connectivity index (χ1v) is 7.60. The fraction of sp³-hybridized carbons (Fsp3) is 0.588. The summed E-state index contributed by atoms with van der Waals surface area (Å²) in [6.45, 7) is 7.08. The van der Waals surface area contributed by atoms with Crippen molar-refractivity contribution in [2.75, 3.05) is 26.7 Å². The van der Waals surface area contributed by atoms with E-state index < -0.39 is 0 Å². The van der Waals surface area contributed by atoms with Gasteiger partial charge in [0.15, 0.2) is 0 Å². The van der Waals surface area contributed by atoms with Crippen molar-refractivity contribution in [2.24, 2.45) is 0 Å². The number of hydrogen-bond acceptors (Lipinski definition) is 2. The van der Waals surface area contributed by atoms with Gasteiger partial charge in [-0.15, -0.1) is 0 Å². The Kier molecular flexibility index (Phi) is 3.33. The summed E-state index contributed by atoms with van der Waals surface area (Å²) >= 11 is 0. The molecule has 0 unspecified atom stereocenters. The molecule has 0 aliphatic carbocycles. The van der Waals surface area contributed by atoms with Crippen LogP contribution in [0.2, 0.25) is 0 Å². The molecule has 20 heavy (non-hydrogen) atoms. The molecule has 0 bridgehead atoms. The molecule has 3 nitrogen and oxygen atoms in total. The highest BCUT2D eigenvalue weighted by Crippen LogP contribution is 2.37. The van der Waals surface area contributed by atoms with Crippen LogP contribution in [0.15, 0.2) is 18.2 Å². The van der Waals surface area contributed by atoms with Crippen molar-refractivity contribution in [1.29, 1.82) is 0 Å². The summed E-state index contributed by atoms with van der Waals surface area (Å²) in [6, 6.07) is 6.12. The van der Waals surface area contributed by atoms with Gasteiger partial charge < -0.3 is 4.90 Å². The minimum Gasteiger partial charge on any atom is -0.337 e. The SMILES string of the molecule is Cc1ccc(C(=O)N2CCC[C@@]3(CCN3C)C2)c(C)c1. The van der Waals surface area contributed by atoms with Crippen molar-refractivity contribution in [3.63, 3.8) is 0 Å². The molecule has 0 saturated carbocycles. The van der Waals surface area contributed by atoms with E-state index >= 15 is 0 Å². The monoisotopic (exact) mass is 272 g/mol. The lowest BCUT2D eigenvalue weighted by Crippen LogP contribution is -2.66. The third kappa shape index (κ3) is 2.14. The Labute approximate surface area is 121 Å². The largest absolute Gasteiger partial charge is 0.337 e. The summed E-state index contributed by atoms with van der Waals surface area (Å²) in [4.78, 5) is 17.3. The Morgan fingerprint density at radius 3 is 2.60 bits per heavy atom. The van der Waals surface area contributed by atoms with Gasteiger partial charge in [0.05, 0.1) is 0 Å². The maximum atomic E-state index is 12.8. The molecular weight excluding hydrogens is 248 g/mol. The summed E-state index contributed by atoms with van der Waals surface area (Å²) in [5.41, 5.74) is 3.45. The molecule has 1 atom stereocenters. The van der Waals surface area contributed by atoms with Crippen LogP contribution in [-0.4, -0.2) is 47.9 Å². The first-order chi connectivity index (χ1) is 9.52. The number of hydrogen-bond donors (Lipinski definition) is 0. The van der Waals surface area contributed by atoms with E-state index in [9.17, 15) is 4.79 Å². The Morgan fingerprint density at radius 1 is 1.20 bits per heavy atom. The molecule has 0 aromatic heterocycles. The Bertz CT molecular complexity index is 540. The van der Waals surface area contributed by atoms with E-state index in [-0.39, 0.29) is 11.4 Å². The molecule has 108 valence electrons. The van der Waals surface area contributed by atoms with Crippen LogP contribution in [0.25, 0.3) is 0 Å². The molecule has 1 spiro atoms. The van der Waals surface area contributed by atoms with Crippen LogP contribution in [0.4, 0.5) is 0 Å². The second-order valence-electron chi connectivity index (χ2n) is 6.54. The number of benzene rings is 1. The van der Waals surface area contributed by atoms with Crippen LogP contribution in [0, 0.1) is 13.8 Å². The van der Waals surface area contributed by atoms with E-state index in [1.165, 1.54) is 24.9 Å².